The van der Waals surface area contributed by atoms with Gasteiger partial charge in [-0.2, -0.15) is 0 Å². The first-order chi connectivity index (χ1) is 7.52. The van der Waals surface area contributed by atoms with Gasteiger partial charge in [-0.15, -0.1) is 0 Å². The Kier molecular flexibility index (Phi) is 4.25. The average molecular weight is 226 g/mol. The maximum Gasteiger partial charge on any atom is 0.231 e. The molecule has 0 heterocycles. The van der Waals surface area contributed by atoms with Crippen molar-refractivity contribution in [2.75, 3.05) is 13.1 Å². The lowest BCUT2D eigenvalue weighted by atomic mass is 10.2. The summed E-state index contributed by atoms with van der Waals surface area (Å²) < 4.78 is 12.9. The molecule has 1 aromatic rings. The van der Waals surface area contributed by atoms with Crippen molar-refractivity contribution >= 4 is 5.91 Å². The van der Waals surface area contributed by atoms with Crippen molar-refractivity contribution in [2.45, 2.75) is 13.5 Å². The predicted molar refractivity (Wildman–Crippen MR) is 58.2 cm³/mol. The summed E-state index contributed by atoms with van der Waals surface area (Å²) in [6.07, 6.45) is 0. The van der Waals surface area contributed by atoms with Gasteiger partial charge < -0.3 is 10.8 Å². The Morgan fingerprint density at radius 2 is 2.25 bits per heavy atom. The zero-order valence-electron chi connectivity index (χ0n) is 9.11. The molecule has 0 unspecified atom stereocenters. The molecule has 3 N–H and O–H groups in total. The SMILES string of the molecule is CCN(CC(N)=O)Cc1cc(F)ccc1O. The molecule has 1 aromatic carbocycles. The number of halogens is 1. The van der Waals surface area contributed by atoms with E-state index >= 15 is 0 Å². The van der Waals surface area contributed by atoms with Crippen molar-refractivity contribution in [1.82, 2.24) is 4.90 Å². The Bertz CT molecular complexity index is 382. The first-order valence-electron chi connectivity index (χ1n) is 5.01. The second-order valence-electron chi connectivity index (χ2n) is 3.54. The Morgan fingerprint density at radius 3 is 2.81 bits per heavy atom. The molecule has 0 aromatic heterocycles. The number of primary amides is 1. The van der Waals surface area contributed by atoms with Crippen molar-refractivity contribution in [3.8, 4) is 5.75 Å². The number of phenolic OH excluding ortho intramolecular Hbond substituents is 1. The number of nitrogens with two attached hydrogens (primary N) is 1. The van der Waals surface area contributed by atoms with Gasteiger partial charge in [0.05, 0.1) is 6.54 Å². The van der Waals surface area contributed by atoms with E-state index in [4.69, 9.17) is 5.73 Å². The standard InChI is InChI=1S/C11H15FN2O2/c1-2-14(7-11(13)16)6-8-5-9(12)3-4-10(8)15/h3-5,15H,2,6-7H2,1H3,(H2,13,16). The Morgan fingerprint density at radius 1 is 1.56 bits per heavy atom. The van der Waals surface area contributed by atoms with Gasteiger partial charge in [0.25, 0.3) is 0 Å². The molecule has 0 aliphatic rings. The van der Waals surface area contributed by atoms with Crippen molar-refractivity contribution in [3.05, 3.63) is 29.6 Å². The summed E-state index contributed by atoms with van der Waals surface area (Å²) in [6.45, 7) is 2.84. The Hall–Kier alpha value is -1.62. The number of amides is 1. The predicted octanol–water partition coefficient (Wildman–Crippen LogP) is 0.838. The number of nitrogens with zero attached hydrogens (tertiary/aromatic N) is 1. The third kappa shape index (κ3) is 3.51. The number of likely N-dealkylation sites (N-methyl/N-ethyl adjacent to an activating group) is 1. The number of hydrogen-bond donors (Lipinski definition) is 2. The third-order valence-electron chi connectivity index (χ3n) is 2.26. The van der Waals surface area contributed by atoms with E-state index in [1.165, 1.54) is 18.2 Å². The van der Waals surface area contributed by atoms with Gasteiger partial charge in [-0.3, -0.25) is 9.69 Å². The number of carbonyl (C=O) groups excluding carboxylic acids is 1. The number of aromatic hydroxyl groups is 1. The van der Waals surface area contributed by atoms with Crippen molar-refractivity contribution < 1.29 is 14.3 Å². The lowest BCUT2D eigenvalue weighted by Gasteiger charge is -2.19. The molecule has 0 saturated carbocycles. The molecule has 0 radical (unpaired) electrons. The van der Waals surface area contributed by atoms with Gasteiger partial charge in [-0.1, -0.05) is 6.92 Å². The van der Waals surface area contributed by atoms with Gasteiger partial charge >= 0.3 is 0 Å². The summed E-state index contributed by atoms with van der Waals surface area (Å²) >= 11 is 0. The second kappa shape index (κ2) is 5.46. The molecular weight excluding hydrogens is 211 g/mol. The average Bonchev–Trinajstić information content (AvgIpc) is 2.21. The van der Waals surface area contributed by atoms with Gasteiger partial charge in [0.15, 0.2) is 0 Å². The first kappa shape index (κ1) is 12.4. The topological polar surface area (TPSA) is 66.6 Å². The molecule has 1 rings (SSSR count). The Labute approximate surface area is 93.5 Å². The lowest BCUT2D eigenvalue weighted by molar-refractivity contribution is -0.119. The molecule has 0 spiro atoms. The zero-order valence-corrected chi connectivity index (χ0v) is 9.11. The molecule has 16 heavy (non-hydrogen) atoms. The fourth-order valence-electron chi connectivity index (χ4n) is 1.42. The van der Waals surface area contributed by atoms with Crippen LogP contribution in [0.3, 0.4) is 0 Å². The monoisotopic (exact) mass is 226 g/mol. The molecule has 0 fully saturated rings. The van der Waals surface area contributed by atoms with E-state index < -0.39 is 11.7 Å². The van der Waals surface area contributed by atoms with Crippen LogP contribution in [0.25, 0.3) is 0 Å². The van der Waals surface area contributed by atoms with E-state index in [0.29, 0.717) is 18.7 Å². The minimum Gasteiger partial charge on any atom is -0.508 e. The molecule has 4 nitrogen and oxygen atoms in total. The highest BCUT2D eigenvalue weighted by Gasteiger charge is 2.10. The zero-order chi connectivity index (χ0) is 12.1. The maximum atomic E-state index is 12.9. The molecule has 1 amide bonds. The van der Waals surface area contributed by atoms with Crippen LogP contribution in [-0.4, -0.2) is 29.0 Å². The molecule has 88 valence electrons. The van der Waals surface area contributed by atoms with E-state index in [1.807, 2.05) is 6.92 Å². The number of benzene rings is 1. The van der Waals surface area contributed by atoms with Gasteiger partial charge in [0, 0.05) is 12.1 Å². The van der Waals surface area contributed by atoms with E-state index in [2.05, 4.69) is 0 Å². The molecule has 0 saturated heterocycles. The van der Waals surface area contributed by atoms with Crippen LogP contribution in [0.2, 0.25) is 0 Å². The summed E-state index contributed by atoms with van der Waals surface area (Å²) in [7, 11) is 0. The number of hydrogen-bond acceptors (Lipinski definition) is 3. The minimum absolute atomic E-state index is 0.0179. The van der Waals surface area contributed by atoms with Gasteiger partial charge in [0.1, 0.15) is 11.6 Å². The minimum atomic E-state index is -0.447. The summed E-state index contributed by atoms with van der Waals surface area (Å²) in [5.41, 5.74) is 5.52. The van der Waals surface area contributed by atoms with E-state index in [0.717, 1.165) is 0 Å². The summed E-state index contributed by atoms with van der Waals surface area (Å²) in [6, 6.07) is 3.73. The second-order valence-corrected chi connectivity index (χ2v) is 3.54. The van der Waals surface area contributed by atoms with Crippen LogP contribution >= 0.6 is 0 Å². The largest absolute Gasteiger partial charge is 0.508 e. The molecular formula is C11H15FN2O2. The molecule has 0 bridgehead atoms. The fraction of sp³-hybridized carbons (Fsp3) is 0.364. The van der Waals surface area contributed by atoms with Crippen LogP contribution in [-0.2, 0) is 11.3 Å². The third-order valence-corrected chi connectivity index (χ3v) is 2.26. The van der Waals surface area contributed by atoms with Gasteiger partial charge in [-0.05, 0) is 24.7 Å². The number of carbonyl (C=O) groups is 1. The highest BCUT2D eigenvalue weighted by atomic mass is 19.1. The summed E-state index contributed by atoms with van der Waals surface area (Å²) in [4.78, 5) is 12.5. The Balaban J connectivity index is 2.77. The van der Waals surface area contributed by atoms with E-state index in [9.17, 15) is 14.3 Å². The maximum absolute atomic E-state index is 12.9. The normalized spacial score (nSPS) is 10.7. The van der Waals surface area contributed by atoms with Crippen LogP contribution in [0.4, 0.5) is 4.39 Å². The molecule has 0 aliphatic carbocycles. The van der Waals surface area contributed by atoms with Gasteiger partial charge in [-0.25, -0.2) is 4.39 Å². The van der Waals surface area contributed by atoms with Crippen LogP contribution in [0.1, 0.15) is 12.5 Å². The van der Waals surface area contributed by atoms with Crippen LogP contribution in [0.15, 0.2) is 18.2 Å². The smallest absolute Gasteiger partial charge is 0.231 e. The molecule has 5 heteroatoms. The summed E-state index contributed by atoms with van der Waals surface area (Å²) in [5.74, 6) is -0.843. The first-order valence-corrected chi connectivity index (χ1v) is 5.01. The van der Waals surface area contributed by atoms with Crippen molar-refractivity contribution in [1.29, 1.82) is 0 Å². The summed E-state index contributed by atoms with van der Waals surface area (Å²) in [5, 5.41) is 9.50. The highest BCUT2D eigenvalue weighted by molar-refractivity contribution is 5.75. The fourth-order valence-corrected chi connectivity index (χ4v) is 1.42. The van der Waals surface area contributed by atoms with Crippen LogP contribution in [0.5, 0.6) is 5.75 Å². The van der Waals surface area contributed by atoms with Crippen molar-refractivity contribution in [2.24, 2.45) is 5.73 Å². The number of phenols is 1. The number of rotatable bonds is 5. The van der Waals surface area contributed by atoms with Crippen molar-refractivity contribution in [3.63, 3.8) is 0 Å². The molecule has 0 atom stereocenters. The lowest BCUT2D eigenvalue weighted by Crippen LogP contribution is -2.33. The van der Waals surface area contributed by atoms with E-state index in [-0.39, 0.29) is 12.3 Å². The molecule has 0 aliphatic heterocycles. The quantitative estimate of drug-likeness (QED) is 0.781. The van der Waals surface area contributed by atoms with E-state index in [1.54, 1.807) is 4.90 Å². The van der Waals surface area contributed by atoms with Gasteiger partial charge in [0.2, 0.25) is 5.91 Å². The van der Waals surface area contributed by atoms with Crippen LogP contribution in [0, 0.1) is 5.82 Å². The van der Waals surface area contributed by atoms with Crippen LogP contribution < -0.4 is 5.73 Å². The highest BCUT2D eigenvalue weighted by Crippen LogP contribution is 2.19.